The Morgan fingerprint density at radius 3 is 2.53 bits per heavy atom. The molecule has 0 radical (unpaired) electrons. The summed E-state index contributed by atoms with van der Waals surface area (Å²) < 4.78 is 12.0. The highest BCUT2D eigenvalue weighted by molar-refractivity contribution is 5.59. The second-order valence-electron chi connectivity index (χ2n) is 5.56. The lowest BCUT2D eigenvalue weighted by Crippen LogP contribution is -2.34. The van der Waals surface area contributed by atoms with Crippen LogP contribution in [0.5, 0.6) is 11.5 Å². The van der Waals surface area contributed by atoms with Crippen LogP contribution in [0.4, 0.5) is 0 Å². The Morgan fingerprint density at radius 2 is 1.95 bits per heavy atom. The Morgan fingerprint density at radius 1 is 1.26 bits per heavy atom. The highest BCUT2D eigenvalue weighted by Crippen LogP contribution is 2.43. The molecule has 0 fully saturated rings. The van der Waals surface area contributed by atoms with Crippen LogP contribution in [0.25, 0.3) is 0 Å². The van der Waals surface area contributed by atoms with E-state index in [2.05, 4.69) is 34.3 Å². The molecule has 0 saturated heterocycles. The van der Waals surface area contributed by atoms with Gasteiger partial charge in [0, 0.05) is 5.56 Å². The van der Waals surface area contributed by atoms with Crippen molar-refractivity contribution in [2.24, 2.45) is 0 Å². The summed E-state index contributed by atoms with van der Waals surface area (Å²) in [6.07, 6.45) is 3.90. The molecule has 1 aromatic rings. The number of fused-ring (bicyclic) bond motifs is 1. The maximum atomic E-state index is 6.22. The van der Waals surface area contributed by atoms with E-state index in [0.717, 1.165) is 24.3 Å². The van der Waals surface area contributed by atoms with Crippen LogP contribution in [0.15, 0.2) is 12.7 Å². The van der Waals surface area contributed by atoms with Crippen molar-refractivity contribution in [3.8, 4) is 11.5 Å². The second-order valence-corrected chi connectivity index (χ2v) is 5.56. The van der Waals surface area contributed by atoms with Crippen molar-refractivity contribution < 1.29 is 9.47 Å². The summed E-state index contributed by atoms with van der Waals surface area (Å²) in [5, 5.41) is 0. The van der Waals surface area contributed by atoms with E-state index in [1.165, 1.54) is 22.3 Å². The average molecular weight is 260 g/mol. The molecular weight excluding hydrogens is 236 g/mol. The van der Waals surface area contributed by atoms with Gasteiger partial charge in [-0.2, -0.15) is 0 Å². The Balaban J connectivity index is 2.58. The lowest BCUT2D eigenvalue weighted by molar-refractivity contribution is 0.113. The molecule has 19 heavy (non-hydrogen) atoms. The van der Waals surface area contributed by atoms with Crippen LogP contribution in [0.1, 0.15) is 42.5 Å². The molecule has 1 heterocycles. The van der Waals surface area contributed by atoms with Crippen LogP contribution in [0.2, 0.25) is 0 Å². The molecule has 104 valence electrons. The maximum absolute atomic E-state index is 6.22. The first-order chi connectivity index (χ1) is 8.93. The first kappa shape index (κ1) is 14.0. The summed E-state index contributed by atoms with van der Waals surface area (Å²) in [6.45, 7) is 15.1. The van der Waals surface area contributed by atoms with Gasteiger partial charge in [0.15, 0.2) is 0 Å². The third-order valence-electron chi connectivity index (χ3n) is 4.24. The summed E-state index contributed by atoms with van der Waals surface area (Å²) in [5.41, 5.74) is 4.66. The third-order valence-corrected chi connectivity index (χ3v) is 4.24. The molecule has 0 aromatic heterocycles. The van der Waals surface area contributed by atoms with Gasteiger partial charge in [-0.25, -0.2) is 0 Å². The molecule has 0 aliphatic carbocycles. The molecule has 0 spiro atoms. The summed E-state index contributed by atoms with van der Waals surface area (Å²) in [6, 6.07) is 0. The normalized spacial score (nSPS) is 21.5. The second kappa shape index (κ2) is 4.92. The van der Waals surface area contributed by atoms with Gasteiger partial charge in [-0.05, 0) is 70.2 Å². The lowest BCUT2D eigenvalue weighted by Gasteiger charge is -2.36. The topological polar surface area (TPSA) is 18.5 Å². The van der Waals surface area contributed by atoms with Gasteiger partial charge in [0.1, 0.15) is 17.1 Å². The van der Waals surface area contributed by atoms with Crippen molar-refractivity contribution in [2.75, 3.05) is 6.61 Å². The number of benzene rings is 1. The average Bonchev–Trinajstić information content (AvgIpc) is 2.41. The quantitative estimate of drug-likeness (QED) is 0.755. The number of hydrogen-bond acceptors (Lipinski definition) is 2. The van der Waals surface area contributed by atoms with E-state index in [4.69, 9.17) is 9.47 Å². The van der Waals surface area contributed by atoms with Crippen molar-refractivity contribution >= 4 is 0 Å². The van der Waals surface area contributed by atoms with Gasteiger partial charge >= 0.3 is 0 Å². The highest BCUT2D eigenvalue weighted by Gasteiger charge is 2.32. The molecule has 0 N–H and O–H groups in total. The van der Waals surface area contributed by atoms with E-state index in [0.29, 0.717) is 6.61 Å². The predicted molar refractivity (Wildman–Crippen MR) is 79.4 cm³/mol. The SMILES string of the molecule is C=C[C@]1(C)CCc2c(C)c(OCC)c(C)c(C)c2O1. The van der Waals surface area contributed by atoms with Gasteiger partial charge in [-0.3, -0.25) is 0 Å². The minimum absolute atomic E-state index is 0.246. The molecule has 2 rings (SSSR count). The lowest BCUT2D eigenvalue weighted by atomic mass is 9.87. The van der Waals surface area contributed by atoms with Gasteiger partial charge < -0.3 is 9.47 Å². The van der Waals surface area contributed by atoms with E-state index < -0.39 is 0 Å². The summed E-state index contributed by atoms with van der Waals surface area (Å²) >= 11 is 0. The Labute approximate surface area is 116 Å². The largest absolute Gasteiger partial charge is 0.493 e. The van der Waals surface area contributed by atoms with E-state index in [-0.39, 0.29) is 5.60 Å². The molecular formula is C17H24O2. The van der Waals surface area contributed by atoms with E-state index in [1.54, 1.807) is 0 Å². The van der Waals surface area contributed by atoms with Crippen LogP contribution < -0.4 is 9.47 Å². The van der Waals surface area contributed by atoms with E-state index in [9.17, 15) is 0 Å². The zero-order valence-corrected chi connectivity index (χ0v) is 12.7. The minimum atomic E-state index is -0.246. The van der Waals surface area contributed by atoms with Gasteiger partial charge in [0.05, 0.1) is 6.61 Å². The van der Waals surface area contributed by atoms with E-state index >= 15 is 0 Å². The fourth-order valence-corrected chi connectivity index (χ4v) is 2.76. The number of rotatable bonds is 3. The first-order valence-corrected chi connectivity index (χ1v) is 7.01. The molecule has 1 atom stereocenters. The monoisotopic (exact) mass is 260 g/mol. The van der Waals surface area contributed by atoms with Gasteiger partial charge in [-0.15, -0.1) is 0 Å². The number of ether oxygens (including phenoxy) is 2. The van der Waals surface area contributed by atoms with Crippen molar-refractivity contribution in [1.82, 2.24) is 0 Å². The number of hydrogen-bond donors (Lipinski definition) is 0. The summed E-state index contributed by atoms with van der Waals surface area (Å²) in [7, 11) is 0. The smallest absolute Gasteiger partial charge is 0.127 e. The fourth-order valence-electron chi connectivity index (χ4n) is 2.76. The maximum Gasteiger partial charge on any atom is 0.127 e. The molecule has 1 aromatic carbocycles. The summed E-state index contributed by atoms with van der Waals surface area (Å²) in [4.78, 5) is 0. The predicted octanol–water partition coefficient (Wildman–Crippen LogP) is 4.28. The molecule has 0 unspecified atom stereocenters. The van der Waals surface area contributed by atoms with Crippen LogP contribution >= 0.6 is 0 Å². The Bertz CT molecular complexity index is 517. The van der Waals surface area contributed by atoms with Crippen LogP contribution in [-0.2, 0) is 6.42 Å². The molecule has 2 heteroatoms. The van der Waals surface area contributed by atoms with Crippen molar-refractivity contribution in [2.45, 2.75) is 53.1 Å². The Hall–Kier alpha value is -1.44. The van der Waals surface area contributed by atoms with Crippen LogP contribution in [0, 0.1) is 20.8 Å². The molecule has 0 amide bonds. The van der Waals surface area contributed by atoms with Crippen molar-refractivity contribution in [3.63, 3.8) is 0 Å². The zero-order chi connectivity index (χ0) is 14.2. The highest BCUT2D eigenvalue weighted by atomic mass is 16.5. The van der Waals surface area contributed by atoms with Crippen molar-refractivity contribution in [1.29, 1.82) is 0 Å². The van der Waals surface area contributed by atoms with Gasteiger partial charge in [0.25, 0.3) is 0 Å². The fraction of sp³-hybridized carbons (Fsp3) is 0.529. The van der Waals surface area contributed by atoms with E-state index in [1.807, 2.05) is 13.0 Å². The van der Waals surface area contributed by atoms with Gasteiger partial charge in [0.2, 0.25) is 0 Å². The van der Waals surface area contributed by atoms with Crippen molar-refractivity contribution in [3.05, 3.63) is 34.9 Å². The summed E-state index contributed by atoms with van der Waals surface area (Å²) in [5.74, 6) is 2.07. The molecule has 1 aliphatic heterocycles. The van der Waals surface area contributed by atoms with Crippen LogP contribution in [0.3, 0.4) is 0 Å². The first-order valence-electron chi connectivity index (χ1n) is 7.01. The third kappa shape index (κ3) is 2.24. The molecule has 2 nitrogen and oxygen atoms in total. The minimum Gasteiger partial charge on any atom is -0.493 e. The van der Waals surface area contributed by atoms with Gasteiger partial charge in [-0.1, -0.05) is 6.58 Å². The molecule has 1 aliphatic rings. The molecule has 0 bridgehead atoms. The van der Waals surface area contributed by atoms with Crippen LogP contribution in [-0.4, -0.2) is 12.2 Å². The Kier molecular flexibility index (Phi) is 3.62. The standard InChI is InChI=1S/C17H24O2/c1-7-17(6)10-9-14-13(5)15(18-8-2)11(3)12(4)16(14)19-17/h7H,1,8-10H2,2-6H3/t17-/m1/s1. The zero-order valence-electron chi connectivity index (χ0n) is 12.7. The molecule has 0 saturated carbocycles.